The number of carbonyl (C=O) groups is 1. The fraction of sp³-hybridized carbons (Fsp3) is 0.214. The van der Waals surface area contributed by atoms with Crippen LogP contribution in [0.15, 0.2) is 47.1 Å². The predicted molar refractivity (Wildman–Crippen MR) is 68.5 cm³/mol. The lowest BCUT2D eigenvalue weighted by atomic mass is 10.1. The zero-order valence-electron chi connectivity index (χ0n) is 10.2. The van der Waals surface area contributed by atoms with Gasteiger partial charge in [-0.2, -0.15) is 0 Å². The fourth-order valence-electron chi connectivity index (χ4n) is 1.69. The molecule has 1 atom stereocenters. The Morgan fingerprint density at radius 1 is 1.26 bits per heavy atom. The first-order chi connectivity index (χ1) is 9.16. The van der Waals surface area contributed by atoms with E-state index in [1.165, 1.54) is 12.3 Å². The molecule has 100 valence electrons. The highest BCUT2D eigenvalue weighted by atomic mass is 16.4. The quantitative estimate of drug-likeness (QED) is 0.759. The Kier molecular flexibility index (Phi) is 4.20. The zero-order chi connectivity index (χ0) is 13.7. The third kappa shape index (κ3) is 3.59. The summed E-state index contributed by atoms with van der Waals surface area (Å²) in [5, 5.41) is 21.9. The molecule has 1 aromatic carbocycles. The summed E-state index contributed by atoms with van der Waals surface area (Å²) >= 11 is 0. The van der Waals surface area contributed by atoms with E-state index < -0.39 is 6.10 Å². The second-order valence-corrected chi connectivity index (χ2v) is 4.14. The van der Waals surface area contributed by atoms with Gasteiger partial charge in [-0.25, -0.2) is 0 Å². The van der Waals surface area contributed by atoms with E-state index in [9.17, 15) is 15.0 Å². The number of rotatable bonds is 5. The van der Waals surface area contributed by atoms with Crippen LogP contribution in [0.3, 0.4) is 0 Å². The number of phenolic OH excluding ortho intramolecular Hbond substituents is 1. The summed E-state index contributed by atoms with van der Waals surface area (Å²) in [6.07, 6.45) is 0.656. The molecule has 0 aliphatic carbocycles. The van der Waals surface area contributed by atoms with Crippen LogP contribution in [0.5, 0.6) is 5.75 Å². The highest BCUT2D eigenvalue weighted by Crippen LogP contribution is 2.16. The number of para-hydroxylation sites is 1. The molecule has 0 aliphatic rings. The lowest BCUT2D eigenvalue weighted by molar-refractivity contribution is -0.121. The lowest BCUT2D eigenvalue weighted by Crippen LogP contribution is -2.29. The van der Waals surface area contributed by atoms with Gasteiger partial charge in [0.2, 0.25) is 5.91 Å². The summed E-state index contributed by atoms with van der Waals surface area (Å²) < 4.78 is 5.02. The monoisotopic (exact) mass is 261 g/mol. The molecule has 0 bridgehead atoms. The van der Waals surface area contributed by atoms with Crippen LogP contribution in [0.1, 0.15) is 17.4 Å². The summed E-state index contributed by atoms with van der Waals surface area (Å²) in [4.78, 5) is 11.7. The third-order valence-corrected chi connectivity index (χ3v) is 2.71. The van der Waals surface area contributed by atoms with Crippen molar-refractivity contribution in [2.45, 2.75) is 12.5 Å². The molecule has 0 fully saturated rings. The van der Waals surface area contributed by atoms with E-state index in [1.54, 1.807) is 30.3 Å². The molecule has 1 amide bonds. The first kappa shape index (κ1) is 13.2. The van der Waals surface area contributed by atoms with Gasteiger partial charge in [-0.05, 0) is 18.2 Å². The van der Waals surface area contributed by atoms with Crippen LogP contribution in [0.4, 0.5) is 0 Å². The first-order valence-electron chi connectivity index (χ1n) is 5.92. The first-order valence-corrected chi connectivity index (χ1v) is 5.92. The van der Waals surface area contributed by atoms with E-state index in [4.69, 9.17) is 4.42 Å². The molecule has 0 aliphatic heterocycles. The molecular weight excluding hydrogens is 246 g/mol. The smallest absolute Gasteiger partial charge is 0.224 e. The maximum Gasteiger partial charge on any atom is 0.224 e. The average molecular weight is 261 g/mol. The Bertz CT molecular complexity index is 536. The number of amides is 1. The summed E-state index contributed by atoms with van der Waals surface area (Å²) in [7, 11) is 0. The molecule has 1 aromatic heterocycles. The summed E-state index contributed by atoms with van der Waals surface area (Å²) in [6.45, 7) is 0.0694. The number of aliphatic hydroxyl groups excluding tert-OH is 1. The SMILES string of the molecule is O=C(Cc1ccccc1O)NCC(O)c1ccco1. The number of benzene rings is 1. The van der Waals surface area contributed by atoms with E-state index in [0.29, 0.717) is 11.3 Å². The number of hydrogen-bond donors (Lipinski definition) is 3. The Morgan fingerprint density at radius 2 is 2.05 bits per heavy atom. The Hall–Kier alpha value is -2.27. The van der Waals surface area contributed by atoms with Crippen molar-refractivity contribution in [3.63, 3.8) is 0 Å². The van der Waals surface area contributed by atoms with Crippen molar-refractivity contribution in [3.8, 4) is 5.75 Å². The number of aromatic hydroxyl groups is 1. The number of carbonyl (C=O) groups excluding carboxylic acids is 1. The van der Waals surface area contributed by atoms with Crippen molar-refractivity contribution >= 4 is 5.91 Å². The zero-order valence-corrected chi connectivity index (χ0v) is 10.2. The molecule has 2 rings (SSSR count). The van der Waals surface area contributed by atoms with Gasteiger partial charge in [-0.1, -0.05) is 18.2 Å². The third-order valence-electron chi connectivity index (χ3n) is 2.71. The van der Waals surface area contributed by atoms with Crippen molar-refractivity contribution in [3.05, 3.63) is 54.0 Å². The van der Waals surface area contributed by atoms with Crippen molar-refractivity contribution in [1.29, 1.82) is 0 Å². The van der Waals surface area contributed by atoms with Gasteiger partial charge in [0.25, 0.3) is 0 Å². The lowest BCUT2D eigenvalue weighted by Gasteiger charge is -2.10. The van der Waals surface area contributed by atoms with Crippen molar-refractivity contribution in [1.82, 2.24) is 5.32 Å². The molecule has 0 spiro atoms. The normalized spacial score (nSPS) is 12.1. The Morgan fingerprint density at radius 3 is 2.74 bits per heavy atom. The fourth-order valence-corrected chi connectivity index (χ4v) is 1.69. The van der Waals surface area contributed by atoms with E-state index in [2.05, 4.69) is 5.32 Å². The van der Waals surface area contributed by atoms with E-state index >= 15 is 0 Å². The average Bonchev–Trinajstić information content (AvgIpc) is 2.93. The summed E-state index contributed by atoms with van der Waals surface area (Å²) in [6, 6.07) is 9.96. The molecule has 1 unspecified atom stereocenters. The van der Waals surface area contributed by atoms with Crippen molar-refractivity contribution < 1.29 is 19.4 Å². The molecule has 0 saturated heterocycles. The van der Waals surface area contributed by atoms with Gasteiger partial charge in [0.05, 0.1) is 19.2 Å². The van der Waals surface area contributed by atoms with Gasteiger partial charge in [0.15, 0.2) is 0 Å². The molecule has 19 heavy (non-hydrogen) atoms. The second-order valence-electron chi connectivity index (χ2n) is 4.14. The number of aliphatic hydroxyl groups is 1. The Balaban J connectivity index is 1.84. The van der Waals surface area contributed by atoms with Crippen LogP contribution >= 0.6 is 0 Å². The Labute approximate surface area is 110 Å². The van der Waals surface area contributed by atoms with Gasteiger partial charge in [0.1, 0.15) is 17.6 Å². The summed E-state index contributed by atoms with van der Waals surface area (Å²) in [5.74, 6) is 0.221. The van der Waals surface area contributed by atoms with Crippen LogP contribution in [0.2, 0.25) is 0 Å². The van der Waals surface area contributed by atoms with Gasteiger partial charge in [0, 0.05) is 5.56 Å². The maximum absolute atomic E-state index is 11.7. The van der Waals surface area contributed by atoms with Crippen LogP contribution in [0, 0.1) is 0 Å². The minimum Gasteiger partial charge on any atom is -0.508 e. The number of hydrogen-bond acceptors (Lipinski definition) is 4. The topological polar surface area (TPSA) is 82.7 Å². The molecule has 1 heterocycles. The number of nitrogens with one attached hydrogen (secondary N) is 1. The number of furan rings is 1. The van der Waals surface area contributed by atoms with Crippen molar-refractivity contribution in [2.75, 3.05) is 6.54 Å². The standard InChI is InChI=1S/C14H15NO4/c16-11-5-2-1-4-10(11)8-14(18)15-9-12(17)13-6-3-7-19-13/h1-7,12,16-17H,8-9H2,(H,15,18). The molecule has 2 aromatic rings. The van der Waals surface area contributed by atoms with Gasteiger partial charge in [-0.3, -0.25) is 4.79 Å². The largest absolute Gasteiger partial charge is 0.508 e. The van der Waals surface area contributed by atoms with Crippen molar-refractivity contribution in [2.24, 2.45) is 0 Å². The number of phenols is 1. The minimum atomic E-state index is -0.872. The molecule has 0 radical (unpaired) electrons. The molecular formula is C14H15NO4. The van der Waals surface area contributed by atoms with Crippen LogP contribution < -0.4 is 5.32 Å². The van der Waals surface area contributed by atoms with Gasteiger partial charge in [-0.15, -0.1) is 0 Å². The second kappa shape index (κ2) is 6.06. The van der Waals surface area contributed by atoms with E-state index in [1.807, 2.05) is 0 Å². The molecule has 3 N–H and O–H groups in total. The predicted octanol–water partition coefficient (Wildman–Crippen LogP) is 1.38. The summed E-state index contributed by atoms with van der Waals surface area (Å²) in [5.41, 5.74) is 0.549. The van der Waals surface area contributed by atoms with E-state index in [-0.39, 0.29) is 24.6 Å². The molecule has 5 heteroatoms. The van der Waals surface area contributed by atoms with Crippen LogP contribution in [0.25, 0.3) is 0 Å². The maximum atomic E-state index is 11.7. The minimum absolute atomic E-state index is 0.0670. The molecule has 0 saturated carbocycles. The highest BCUT2D eigenvalue weighted by molar-refractivity contribution is 5.79. The molecule has 5 nitrogen and oxygen atoms in total. The van der Waals surface area contributed by atoms with Crippen LogP contribution in [-0.2, 0) is 11.2 Å². The highest BCUT2D eigenvalue weighted by Gasteiger charge is 2.12. The van der Waals surface area contributed by atoms with E-state index in [0.717, 1.165) is 0 Å². The van der Waals surface area contributed by atoms with Gasteiger partial charge < -0.3 is 19.9 Å². The van der Waals surface area contributed by atoms with Crippen LogP contribution in [-0.4, -0.2) is 22.7 Å². The van der Waals surface area contributed by atoms with Gasteiger partial charge >= 0.3 is 0 Å².